The summed E-state index contributed by atoms with van der Waals surface area (Å²) in [4.78, 5) is 5.46. The molecule has 17 heavy (non-hydrogen) atoms. The molecule has 0 amide bonds. The van der Waals surface area contributed by atoms with E-state index in [2.05, 4.69) is 9.88 Å². The van der Waals surface area contributed by atoms with Gasteiger partial charge < -0.3 is 9.64 Å². The summed E-state index contributed by atoms with van der Waals surface area (Å²) in [6, 6.07) is 2.25. The average Bonchev–Trinajstić information content (AvgIpc) is 2.63. The smallest absolute Gasteiger partial charge is 0.433 e. The SMILES string of the molecule is CN1CC[C@@H](Oc2ccc(C(F)(F)F)nc2)C1. The van der Waals surface area contributed by atoms with Crippen LogP contribution in [0.5, 0.6) is 5.75 Å². The van der Waals surface area contributed by atoms with E-state index in [1.807, 2.05) is 7.05 Å². The Kier molecular flexibility index (Phi) is 3.24. The van der Waals surface area contributed by atoms with Crippen molar-refractivity contribution in [1.82, 2.24) is 9.88 Å². The van der Waals surface area contributed by atoms with Gasteiger partial charge in [0.25, 0.3) is 0 Å². The minimum Gasteiger partial charge on any atom is -0.487 e. The van der Waals surface area contributed by atoms with Crippen LogP contribution in [0.15, 0.2) is 18.3 Å². The van der Waals surface area contributed by atoms with Crippen LogP contribution < -0.4 is 4.74 Å². The first kappa shape index (κ1) is 12.2. The van der Waals surface area contributed by atoms with E-state index in [0.717, 1.165) is 31.8 Å². The molecule has 0 radical (unpaired) electrons. The number of halogens is 3. The summed E-state index contributed by atoms with van der Waals surface area (Å²) >= 11 is 0. The Hall–Kier alpha value is -1.30. The molecule has 1 aliphatic heterocycles. The van der Waals surface area contributed by atoms with Crippen LogP contribution >= 0.6 is 0 Å². The maximum atomic E-state index is 12.3. The van der Waals surface area contributed by atoms with Crippen LogP contribution in [0.3, 0.4) is 0 Å². The van der Waals surface area contributed by atoms with Gasteiger partial charge in [-0.25, -0.2) is 4.98 Å². The van der Waals surface area contributed by atoms with Crippen molar-refractivity contribution in [3.05, 3.63) is 24.0 Å². The molecular formula is C11H13F3N2O. The topological polar surface area (TPSA) is 25.4 Å². The van der Waals surface area contributed by atoms with Gasteiger partial charge in [-0.3, -0.25) is 0 Å². The van der Waals surface area contributed by atoms with Gasteiger partial charge in [-0.15, -0.1) is 0 Å². The molecule has 6 heteroatoms. The van der Waals surface area contributed by atoms with Crippen molar-refractivity contribution in [3.63, 3.8) is 0 Å². The van der Waals surface area contributed by atoms with Crippen molar-refractivity contribution >= 4 is 0 Å². The fourth-order valence-electron chi connectivity index (χ4n) is 1.80. The van der Waals surface area contributed by atoms with Crippen LogP contribution in [0.2, 0.25) is 0 Å². The van der Waals surface area contributed by atoms with E-state index in [0.29, 0.717) is 5.75 Å². The number of rotatable bonds is 2. The van der Waals surface area contributed by atoms with Crippen LogP contribution in [0.4, 0.5) is 13.2 Å². The molecule has 3 nitrogen and oxygen atoms in total. The van der Waals surface area contributed by atoms with E-state index in [9.17, 15) is 13.2 Å². The first-order chi connectivity index (χ1) is 7.95. The monoisotopic (exact) mass is 246 g/mol. The van der Waals surface area contributed by atoms with Crippen LogP contribution in [0.1, 0.15) is 12.1 Å². The number of pyridine rings is 1. The van der Waals surface area contributed by atoms with Gasteiger partial charge in [-0.05, 0) is 25.6 Å². The van der Waals surface area contributed by atoms with Crippen molar-refractivity contribution in [2.75, 3.05) is 20.1 Å². The third-order valence-corrected chi connectivity index (χ3v) is 2.68. The highest BCUT2D eigenvalue weighted by atomic mass is 19.4. The Bertz CT molecular complexity index is 377. The molecule has 1 fully saturated rings. The van der Waals surface area contributed by atoms with Gasteiger partial charge in [0.2, 0.25) is 0 Å². The molecule has 1 atom stereocenters. The summed E-state index contributed by atoms with van der Waals surface area (Å²) in [5.74, 6) is 0.387. The van der Waals surface area contributed by atoms with Crippen molar-refractivity contribution in [2.45, 2.75) is 18.7 Å². The van der Waals surface area contributed by atoms with E-state index in [4.69, 9.17) is 4.74 Å². The number of aromatic nitrogens is 1. The summed E-state index contributed by atoms with van der Waals surface area (Å²) < 4.78 is 42.3. The maximum absolute atomic E-state index is 12.3. The quantitative estimate of drug-likeness (QED) is 0.799. The molecule has 0 spiro atoms. The van der Waals surface area contributed by atoms with E-state index in [-0.39, 0.29) is 6.10 Å². The molecule has 1 aromatic heterocycles. The first-order valence-electron chi connectivity index (χ1n) is 5.33. The molecule has 0 aromatic carbocycles. The highest BCUT2D eigenvalue weighted by Crippen LogP contribution is 2.28. The number of hydrogen-bond acceptors (Lipinski definition) is 3. The van der Waals surface area contributed by atoms with E-state index in [1.54, 1.807) is 0 Å². The van der Waals surface area contributed by atoms with Crippen molar-refractivity contribution in [1.29, 1.82) is 0 Å². The third kappa shape index (κ3) is 3.09. The lowest BCUT2D eigenvalue weighted by atomic mass is 10.3. The summed E-state index contributed by atoms with van der Waals surface area (Å²) in [5.41, 5.74) is -0.895. The van der Waals surface area contributed by atoms with Gasteiger partial charge in [0.1, 0.15) is 17.5 Å². The van der Waals surface area contributed by atoms with Crippen LogP contribution in [-0.2, 0) is 6.18 Å². The summed E-state index contributed by atoms with van der Waals surface area (Å²) in [6.45, 7) is 1.74. The maximum Gasteiger partial charge on any atom is 0.433 e. The minimum atomic E-state index is -4.40. The number of nitrogens with zero attached hydrogens (tertiary/aromatic N) is 2. The van der Waals surface area contributed by atoms with E-state index < -0.39 is 11.9 Å². The van der Waals surface area contributed by atoms with Gasteiger partial charge in [0.15, 0.2) is 0 Å². The van der Waals surface area contributed by atoms with Gasteiger partial charge in [-0.1, -0.05) is 0 Å². The Morgan fingerprint density at radius 1 is 1.41 bits per heavy atom. The lowest BCUT2D eigenvalue weighted by molar-refractivity contribution is -0.141. The summed E-state index contributed by atoms with van der Waals surface area (Å²) in [5, 5.41) is 0. The van der Waals surface area contributed by atoms with Crippen LogP contribution in [0.25, 0.3) is 0 Å². The number of alkyl halides is 3. The number of ether oxygens (including phenoxy) is 1. The van der Waals surface area contributed by atoms with Gasteiger partial charge in [0.05, 0.1) is 6.20 Å². The zero-order valence-corrected chi connectivity index (χ0v) is 9.37. The fraction of sp³-hybridized carbons (Fsp3) is 0.545. The molecular weight excluding hydrogens is 233 g/mol. The fourth-order valence-corrected chi connectivity index (χ4v) is 1.80. The molecule has 0 saturated carbocycles. The molecule has 0 bridgehead atoms. The predicted molar refractivity (Wildman–Crippen MR) is 55.8 cm³/mol. The van der Waals surface area contributed by atoms with Crippen LogP contribution in [-0.4, -0.2) is 36.1 Å². The third-order valence-electron chi connectivity index (χ3n) is 2.68. The predicted octanol–water partition coefficient (Wildman–Crippen LogP) is 2.18. The van der Waals surface area contributed by atoms with Crippen molar-refractivity contribution in [3.8, 4) is 5.75 Å². The molecule has 94 valence electrons. The molecule has 2 heterocycles. The second-order valence-corrected chi connectivity index (χ2v) is 4.17. The normalized spacial score (nSPS) is 21.8. The molecule has 0 aliphatic carbocycles. The number of likely N-dealkylation sites (N-methyl/N-ethyl adjacent to an activating group) is 1. The number of likely N-dealkylation sites (tertiary alicyclic amines) is 1. The lowest BCUT2D eigenvalue weighted by Gasteiger charge is -2.14. The van der Waals surface area contributed by atoms with E-state index >= 15 is 0 Å². The minimum absolute atomic E-state index is 0.0403. The van der Waals surface area contributed by atoms with Crippen LogP contribution in [0, 0.1) is 0 Å². The molecule has 1 aromatic rings. The highest BCUT2D eigenvalue weighted by Gasteiger charge is 2.32. The lowest BCUT2D eigenvalue weighted by Crippen LogP contribution is -2.21. The zero-order valence-electron chi connectivity index (χ0n) is 9.37. The van der Waals surface area contributed by atoms with Crippen molar-refractivity contribution in [2.24, 2.45) is 0 Å². The Labute approximate surface area is 97.2 Å². The average molecular weight is 246 g/mol. The molecule has 0 N–H and O–H groups in total. The molecule has 1 aliphatic rings. The summed E-state index contributed by atoms with van der Waals surface area (Å²) in [7, 11) is 1.98. The highest BCUT2D eigenvalue weighted by molar-refractivity contribution is 5.21. The Morgan fingerprint density at radius 3 is 2.65 bits per heavy atom. The van der Waals surface area contributed by atoms with E-state index in [1.165, 1.54) is 6.07 Å². The molecule has 0 unspecified atom stereocenters. The molecule has 1 saturated heterocycles. The zero-order chi connectivity index (χ0) is 12.5. The van der Waals surface area contributed by atoms with Crippen molar-refractivity contribution < 1.29 is 17.9 Å². The second-order valence-electron chi connectivity index (χ2n) is 4.17. The largest absolute Gasteiger partial charge is 0.487 e. The standard InChI is InChI=1S/C11H13F3N2O/c1-16-5-4-9(7-16)17-8-2-3-10(15-6-8)11(12,13)14/h2-3,6,9H,4-5,7H2,1H3/t9-/m1/s1. The second kappa shape index (κ2) is 4.52. The van der Waals surface area contributed by atoms with Gasteiger partial charge in [-0.2, -0.15) is 13.2 Å². The van der Waals surface area contributed by atoms with Gasteiger partial charge >= 0.3 is 6.18 Å². The van der Waals surface area contributed by atoms with Gasteiger partial charge in [0, 0.05) is 13.1 Å². The Morgan fingerprint density at radius 2 is 2.18 bits per heavy atom. The summed E-state index contributed by atoms with van der Waals surface area (Å²) in [6.07, 6.45) is -2.34. The number of hydrogen-bond donors (Lipinski definition) is 0. The Balaban J connectivity index is 1.99. The first-order valence-corrected chi connectivity index (χ1v) is 5.33. The molecule has 2 rings (SSSR count).